The zero-order valence-electron chi connectivity index (χ0n) is 10.6. The van der Waals surface area contributed by atoms with Crippen molar-refractivity contribution in [2.45, 2.75) is 32.4 Å². The van der Waals surface area contributed by atoms with Gasteiger partial charge in [-0.3, -0.25) is 9.69 Å². The summed E-state index contributed by atoms with van der Waals surface area (Å²) in [5, 5.41) is 8.66. The van der Waals surface area contributed by atoms with Gasteiger partial charge in [0.05, 0.1) is 18.5 Å². The number of Topliss-reactive ketones (excluding diaryl/α,β-unsaturated/α-hetero) is 1. The van der Waals surface area contributed by atoms with E-state index in [-0.39, 0.29) is 17.9 Å². The Kier molecular flexibility index (Phi) is 4.86. The molecule has 90 valence electrons. The van der Waals surface area contributed by atoms with Crippen molar-refractivity contribution in [2.24, 2.45) is 0 Å². The van der Waals surface area contributed by atoms with Crippen LogP contribution >= 0.6 is 0 Å². The van der Waals surface area contributed by atoms with Gasteiger partial charge in [-0.1, -0.05) is 30.3 Å². The van der Waals surface area contributed by atoms with Crippen LogP contribution < -0.4 is 0 Å². The number of hydrogen-bond donors (Lipinski definition) is 0. The van der Waals surface area contributed by atoms with Crippen LogP contribution in [-0.2, 0) is 0 Å². The van der Waals surface area contributed by atoms with E-state index in [9.17, 15) is 4.79 Å². The van der Waals surface area contributed by atoms with E-state index in [4.69, 9.17) is 5.26 Å². The number of benzene rings is 1. The minimum Gasteiger partial charge on any atom is -0.293 e. The molecule has 0 heterocycles. The highest BCUT2D eigenvalue weighted by molar-refractivity contribution is 5.99. The topological polar surface area (TPSA) is 44.1 Å². The fourth-order valence-electron chi connectivity index (χ4n) is 1.69. The highest BCUT2D eigenvalue weighted by Crippen LogP contribution is 2.11. The SMILES string of the molecule is CC(CC#N)N(C)C(C)C(=O)c1ccccc1. The molecule has 0 aliphatic rings. The van der Waals surface area contributed by atoms with Crippen molar-refractivity contribution in [3.05, 3.63) is 35.9 Å². The monoisotopic (exact) mass is 230 g/mol. The molecular weight excluding hydrogens is 212 g/mol. The maximum Gasteiger partial charge on any atom is 0.179 e. The van der Waals surface area contributed by atoms with E-state index in [0.717, 1.165) is 5.56 Å². The van der Waals surface area contributed by atoms with Crippen molar-refractivity contribution in [3.8, 4) is 6.07 Å². The molecule has 0 saturated heterocycles. The van der Waals surface area contributed by atoms with Crippen molar-refractivity contribution in [2.75, 3.05) is 7.05 Å². The van der Waals surface area contributed by atoms with Gasteiger partial charge in [0.1, 0.15) is 0 Å². The first-order chi connectivity index (χ1) is 8.07. The lowest BCUT2D eigenvalue weighted by Crippen LogP contribution is -2.41. The van der Waals surface area contributed by atoms with Gasteiger partial charge >= 0.3 is 0 Å². The smallest absolute Gasteiger partial charge is 0.179 e. The molecular formula is C14H18N2O. The van der Waals surface area contributed by atoms with Gasteiger partial charge in [-0.2, -0.15) is 5.26 Å². The van der Waals surface area contributed by atoms with Crippen LogP contribution in [-0.4, -0.2) is 29.8 Å². The molecule has 3 nitrogen and oxygen atoms in total. The van der Waals surface area contributed by atoms with Crippen LogP contribution in [0.1, 0.15) is 30.6 Å². The molecule has 0 radical (unpaired) electrons. The van der Waals surface area contributed by atoms with Gasteiger partial charge < -0.3 is 0 Å². The number of likely N-dealkylation sites (N-methyl/N-ethyl adjacent to an activating group) is 1. The van der Waals surface area contributed by atoms with Crippen LogP contribution in [0.3, 0.4) is 0 Å². The largest absolute Gasteiger partial charge is 0.293 e. The molecule has 1 aromatic carbocycles. The molecule has 0 bridgehead atoms. The molecule has 0 amide bonds. The van der Waals surface area contributed by atoms with E-state index in [1.165, 1.54) is 0 Å². The predicted octanol–water partition coefficient (Wildman–Crippen LogP) is 2.49. The minimum absolute atomic E-state index is 0.0858. The second-order valence-corrected chi connectivity index (χ2v) is 4.28. The Balaban J connectivity index is 2.74. The van der Waals surface area contributed by atoms with Crippen molar-refractivity contribution in [3.63, 3.8) is 0 Å². The van der Waals surface area contributed by atoms with Gasteiger partial charge in [-0.15, -0.1) is 0 Å². The van der Waals surface area contributed by atoms with Gasteiger partial charge in [0.25, 0.3) is 0 Å². The summed E-state index contributed by atoms with van der Waals surface area (Å²) in [6.45, 7) is 3.83. The molecule has 2 unspecified atom stereocenters. The summed E-state index contributed by atoms with van der Waals surface area (Å²) >= 11 is 0. The number of rotatable bonds is 5. The predicted molar refractivity (Wildman–Crippen MR) is 67.7 cm³/mol. The highest BCUT2D eigenvalue weighted by Gasteiger charge is 2.22. The highest BCUT2D eigenvalue weighted by atomic mass is 16.1. The van der Waals surface area contributed by atoms with E-state index in [1.54, 1.807) is 0 Å². The molecule has 0 saturated carbocycles. The normalized spacial score (nSPS) is 14.1. The third kappa shape index (κ3) is 3.40. The van der Waals surface area contributed by atoms with Crippen molar-refractivity contribution in [1.29, 1.82) is 5.26 Å². The Bertz CT molecular complexity index is 408. The standard InChI is InChI=1S/C14H18N2O/c1-11(9-10-15)16(3)12(2)14(17)13-7-5-4-6-8-13/h4-8,11-12H,9H2,1-3H3. The maximum atomic E-state index is 12.2. The Morgan fingerprint density at radius 2 is 1.94 bits per heavy atom. The van der Waals surface area contributed by atoms with Crippen LogP contribution in [0.4, 0.5) is 0 Å². The summed E-state index contributed by atoms with van der Waals surface area (Å²) in [5.74, 6) is 0.0953. The summed E-state index contributed by atoms with van der Waals surface area (Å²) in [7, 11) is 1.88. The lowest BCUT2D eigenvalue weighted by molar-refractivity contribution is 0.0828. The van der Waals surface area contributed by atoms with E-state index in [2.05, 4.69) is 6.07 Å². The lowest BCUT2D eigenvalue weighted by Gasteiger charge is -2.28. The van der Waals surface area contributed by atoms with Crippen molar-refractivity contribution in [1.82, 2.24) is 4.90 Å². The first-order valence-electron chi connectivity index (χ1n) is 5.76. The third-order valence-electron chi connectivity index (χ3n) is 3.13. The van der Waals surface area contributed by atoms with Gasteiger partial charge in [0.2, 0.25) is 0 Å². The second kappa shape index (κ2) is 6.17. The number of nitriles is 1. The summed E-state index contributed by atoms with van der Waals surface area (Å²) in [4.78, 5) is 14.1. The molecule has 3 heteroatoms. The van der Waals surface area contributed by atoms with E-state index in [0.29, 0.717) is 6.42 Å². The fraction of sp³-hybridized carbons (Fsp3) is 0.429. The van der Waals surface area contributed by atoms with Gasteiger partial charge in [0, 0.05) is 11.6 Å². The molecule has 0 N–H and O–H groups in total. The summed E-state index contributed by atoms with van der Waals surface area (Å²) in [5.41, 5.74) is 0.719. The lowest BCUT2D eigenvalue weighted by atomic mass is 10.0. The molecule has 0 fully saturated rings. The molecule has 1 aromatic rings. The number of nitrogens with zero attached hydrogens (tertiary/aromatic N) is 2. The minimum atomic E-state index is -0.208. The Hall–Kier alpha value is -1.66. The van der Waals surface area contributed by atoms with Crippen molar-refractivity contribution < 1.29 is 4.79 Å². The average molecular weight is 230 g/mol. The van der Waals surface area contributed by atoms with E-state index in [1.807, 2.05) is 56.1 Å². The Morgan fingerprint density at radius 1 is 1.35 bits per heavy atom. The summed E-state index contributed by atoms with van der Waals surface area (Å²) in [6, 6.07) is 11.3. The fourth-order valence-corrected chi connectivity index (χ4v) is 1.69. The first kappa shape index (κ1) is 13.4. The summed E-state index contributed by atoms with van der Waals surface area (Å²) in [6.07, 6.45) is 0.433. The van der Waals surface area contributed by atoms with Crippen LogP contribution in [0.25, 0.3) is 0 Å². The number of carbonyl (C=O) groups is 1. The second-order valence-electron chi connectivity index (χ2n) is 4.28. The first-order valence-corrected chi connectivity index (χ1v) is 5.76. The number of hydrogen-bond acceptors (Lipinski definition) is 3. The molecule has 1 rings (SSSR count). The number of ketones is 1. The van der Waals surface area contributed by atoms with E-state index < -0.39 is 0 Å². The van der Waals surface area contributed by atoms with Gasteiger partial charge in [-0.05, 0) is 20.9 Å². The Labute approximate surface area is 103 Å². The van der Waals surface area contributed by atoms with E-state index >= 15 is 0 Å². The molecule has 0 aliphatic heterocycles. The van der Waals surface area contributed by atoms with Gasteiger partial charge in [0.15, 0.2) is 5.78 Å². The van der Waals surface area contributed by atoms with Crippen LogP contribution in [0.2, 0.25) is 0 Å². The van der Waals surface area contributed by atoms with Crippen LogP contribution in [0.5, 0.6) is 0 Å². The van der Waals surface area contributed by atoms with Crippen molar-refractivity contribution >= 4 is 5.78 Å². The van der Waals surface area contributed by atoms with Gasteiger partial charge in [-0.25, -0.2) is 0 Å². The zero-order chi connectivity index (χ0) is 12.8. The quantitative estimate of drug-likeness (QED) is 0.730. The molecule has 0 aliphatic carbocycles. The average Bonchev–Trinajstić information content (AvgIpc) is 2.37. The molecule has 2 atom stereocenters. The molecule has 0 spiro atoms. The number of carbonyl (C=O) groups excluding carboxylic acids is 1. The third-order valence-corrected chi connectivity index (χ3v) is 3.13. The Morgan fingerprint density at radius 3 is 2.47 bits per heavy atom. The molecule has 0 aromatic heterocycles. The summed E-state index contributed by atoms with van der Waals surface area (Å²) < 4.78 is 0. The zero-order valence-corrected chi connectivity index (χ0v) is 10.6. The van der Waals surface area contributed by atoms with Crippen LogP contribution in [0, 0.1) is 11.3 Å². The van der Waals surface area contributed by atoms with Crippen LogP contribution in [0.15, 0.2) is 30.3 Å². The maximum absolute atomic E-state index is 12.2. The molecule has 17 heavy (non-hydrogen) atoms.